The lowest BCUT2D eigenvalue weighted by Gasteiger charge is -2.24. The highest BCUT2D eigenvalue weighted by molar-refractivity contribution is 5.93. The second-order valence-electron chi connectivity index (χ2n) is 5.99. The zero-order valence-corrected chi connectivity index (χ0v) is 13.3. The summed E-state index contributed by atoms with van der Waals surface area (Å²) < 4.78 is 0. The molecular weight excluding hydrogens is 278 g/mol. The van der Waals surface area contributed by atoms with E-state index >= 15 is 0 Å². The molecule has 0 radical (unpaired) electrons. The van der Waals surface area contributed by atoms with Crippen molar-refractivity contribution in [1.29, 1.82) is 0 Å². The Hall–Kier alpha value is -1.88. The first-order valence-corrected chi connectivity index (χ1v) is 7.92. The Balaban J connectivity index is 1.85. The topological polar surface area (TPSA) is 70.2 Å². The summed E-state index contributed by atoms with van der Waals surface area (Å²) in [6.45, 7) is 3.02. The number of hydrogen-bond donors (Lipinski definition) is 3. The molecule has 5 heteroatoms. The minimum absolute atomic E-state index is 0.0262. The third kappa shape index (κ3) is 4.56. The third-order valence-corrected chi connectivity index (χ3v) is 4.10. The van der Waals surface area contributed by atoms with E-state index < -0.39 is 0 Å². The molecule has 2 rings (SSSR count). The number of amides is 2. The molecule has 22 heavy (non-hydrogen) atoms. The van der Waals surface area contributed by atoms with Crippen molar-refractivity contribution in [1.82, 2.24) is 10.6 Å². The smallest absolute Gasteiger partial charge is 0.227 e. The van der Waals surface area contributed by atoms with Gasteiger partial charge in [-0.3, -0.25) is 9.59 Å². The molecule has 120 valence electrons. The molecule has 1 aliphatic carbocycles. The van der Waals surface area contributed by atoms with Crippen LogP contribution >= 0.6 is 0 Å². The van der Waals surface area contributed by atoms with Crippen molar-refractivity contribution in [3.05, 3.63) is 29.8 Å². The van der Waals surface area contributed by atoms with Gasteiger partial charge in [-0.15, -0.1) is 0 Å². The Morgan fingerprint density at radius 3 is 2.73 bits per heavy atom. The number of anilines is 1. The normalized spacial score (nSPS) is 15.7. The second-order valence-corrected chi connectivity index (χ2v) is 5.99. The molecule has 0 aliphatic heterocycles. The molecule has 0 bridgehead atoms. The van der Waals surface area contributed by atoms with E-state index in [0.29, 0.717) is 13.1 Å². The van der Waals surface area contributed by atoms with Gasteiger partial charge in [0, 0.05) is 30.6 Å². The monoisotopic (exact) mass is 303 g/mol. The summed E-state index contributed by atoms with van der Waals surface area (Å²) in [5.74, 6) is 0.241. The molecular formula is C17H25N3O2. The predicted molar refractivity (Wildman–Crippen MR) is 87.4 cm³/mol. The molecule has 5 nitrogen and oxygen atoms in total. The van der Waals surface area contributed by atoms with Gasteiger partial charge in [0.1, 0.15) is 0 Å². The summed E-state index contributed by atoms with van der Waals surface area (Å²) in [4.78, 5) is 23.8. The SMILES string of the molecule is CNCC(C)C(=O)NCc1cccc(NC(=O)C2CCC2)c1. The largest absolute Gasteiger partial charge is 0.352 e. The highest BCUT2D eigenvalue weighted by Crippen LogP contribution is 2.27. The number of hydrogen-bond acceptors (Lipinski definition) is 3. The lowest BCUT2D eigenvalue weighted by molar-refractivity contribution is -0.124. The predicted octanol–water partition coefficient (Wildman–Crippen LogP) is 1.90. The van der Waals surface area contributed by atoms with E-state index in [1.807, 2.05) is 38.2 Å². The van der Waals surface area contributed by atoms with Crippen LogP contribution in [0.5, 0.6) is 0 Å². The van der Waals surface area contributed by atoms with Crippen LogP contribution in [0.4, 0.5) is 5.69 Å². The standard InChI is InChI=1S/C17H25N3O2/c1-12(10-18-2)16(21)19-11-13-5-3-8-15(9-13)20-17(22)14-6-4-7-14/h3,5,8-9,12,14,18H,4,6-7,10-11H2,1-2H3,(H,19,21)(H,20,22). The molecule has 1 atom stereocenters. The van der Waals surface area contributed by atoms with Gasteiger partial charge in [0.25, 0.3) is 0 Å². The van der Waals surface area contributed by atoms with E-state index in [-0.39, 0.29) is 23.7 Å². The lowest BCUT2D eigenvalue weighted by Crippen LogP contribution is -2.33. The van der Waals surface area contributed by atoms with Crippen LogP contribution in [-0.4, -0.2) is 25.4 Å². The van der Waals surface area contributed by atoms with Crippen molar-refractivity contribution in [2.75, 3.05) is 18.9 Å². The summed E-state index contributed by atoms with van der Waals surface area (Å²) in [6.07, 6.45) is 3.13. The Labute approximate surface area is 131 Å². The molecule has 0 spiro atoms. The summed E-state index contributed by atoms with van der Waals surface area (Å²) in [5, 5.41) is 8.86. The molecule has 1 fully saturated rings. The molecule has 1 aliphatic rings. The number of benzene rings is 1. The quantitative estimate of drug-likeness (QED) is 0.720. The van der Waals surface area contributed by atoms with Crippen LogP contribution in [0.25, 0.3) is 0 Å². The van der Waals surface area contributed by atoms with Crippen molar-refractivity contribution in [2.24, 2.45) is 11.8 Å². The number of nitrogens with one attached hydrogen (secondary N) is 3. The van der Waals surface area contributed by atoms with E-state index in [2.05, 4.69) is 16.0 Å². The Kier molecular flexibility index (Phi) is 5.95. The van der Waals surface area contributed by atoms with Gasteiger partial charge in [0.05, 0.1) is 0 Å². The molecule has 0 saturated heterocycles. The Morgan fingerprint density at radius 2 is 2.09 bits per heavy atom. The third-order valence-electron chi connectivity index (χ3n) is 4.10. The van der Waals surface area contributed by atoms with Gasteiger partial charge in [-0.25, -0.2) is 0 Å². The van der Waals surface area contributed by atoms with Crippen LogP contribution in [0.1, 0.15) is 31.7 Å². The van der Waals surface area contributed by atoms with Crippen molar-refractivity contribution in [3.8, 4) is 0 Å². The average molecular weight is 303 g/mol. The van der Waals surface area contributed by atoms with E-state index in [9.17, 15) is 9.59 Å². The van der Waals surface area contributed by atoms with Gasteiger partial charge in [-0.05, 0) is 37.6 Å². The van der Waals surface area contributed by atoms with Crippen LogP contribution in [0.2, 0.25) is 0 Å². The summed E-state index contributed by atoms with van der Waals surface area (Å²) in [7, 11) is 1.83. The number of carbonyl (C=O) groups is 2. The van der Waals surface area contributed by atoms with Crippen molar-refractivity contribution >= 4 is 17.5 Å². The number of rotatable bonds is 7. The van der Waals surface area contributed by atoms with Gasteiger partial charge in [0.2, 0.25) is 11.8 Å². The van der Waals surface area contributed by atoms with Crippen molar-refractivity contribution < 1.29 is 9.59 Å². The molecule has 1 aromatic carbocycles. The molecule has 3 N–H and O–H groups in total. The van der Waals surface area contributed by atoms with E-state index in [1.165, 1.54) is 0 Å². The lowest BCUT2D eigenvalue weighted by atomic mass is 9.85. The first-order chi connectivity index (χ1) is 10.6. The Bertz CT molecular complexity index is 526. The molecule has 0 heterocycles. The maximum Gasteiger partial charge on any atom is 0.227 e. The summed E-state index contributed by atoms with van der Waals surface area (Å²) in [5.41, 5.74) is 1.78. The fourth-order valence-corrected chi connectivity index (χ4v) is 2.44. The summed E-state index contributed by atoms with van der Waals surface area (Å²) in [6, 6.07) is 7.64. The van der Waals surface area contributed by atoms with Gasteiger partial charge >= 0.3 is 0 Å². The molecule has 1 unspecified atom stereocenters. The maximum atomic E-state index is 11.9. The van der Waals surface area contributed by atoms with Crippen LogP contribution in [0.3, 0.4) is 0 Å². The molecule has 1 aromatic rings. The van der Waals surface area contributed by atoms with Gasteiger partial charge in [-0.2, -0.15) is 0 Å². The van der Waals surface area contributed by atoms with E-state index in [0.717, 1.165) is 30.5 Å². The minimum Gasteiger partial charge on any atom is -0.352 e. The highest BCUT2D eigenvalue weighted by atomic mass is 16.2. The fourth-order valence-electron chi connectivity index (χ4n) is 2.44. The van der Waals surface area contributed by atoms with Gasteiger partial charge in [0.15, 0.2) is 0 Å². The van der Waals surface area contributed by atoms with Crippen LogP contribution in [0.15, 0.2) is 24.3 Å². The van der Waals surface area contributed by atoms with Crippen LogP contribution < -0.4 is 16.0 Å². The second kappa shape index (κ2) is 7.94. The first kappa shape index (κ1) is 16.5. The minimum atomic E-state index is -0.0634. The fraction of sp³-hybridized carbons (Fsp3) is 0.529. The molecule has 2 amide bonds. The van der Waals surface area contributed by atoms with E-state index in [4.69, 9.17) is 0 Å². The summed E-state index contributed by atoms with van der Waals surface area (Å²) >= 11 is 0. The zero-order chi connectivity index (χ0) is 15.9. The van der Waals surface area contributed by atoms with Crippen molar-refractivity contribution in [3.63, 3.8) is 0 Å². The van der Waals surface area contributed by atoms with Crippen LogP contribution in [0, 0.1) is 11.8 Å². The zero-order valence-electron chi connectivity index (χ0n) is 13.3. The average Bonchev–Trinajstić information content (AvgIpc) is 2.43. The molecule has 0 aromatic heterocycles. The van der Waals surface area contributed by atoms with Crippen molar-refractivity contribution in [2.45, 2.75) is 32.7 Å². The molecule has 1 saturated carbocycles. The van der Waals surface area contributed by atoms with Gasteiger partial charge < -0.3 is 16.0 Å². The van der Waals surface area contributed by atoms with Gasteiger partial charge in [-0.1, -0.05) is 25.5 Å². The highest BCUT2D eigenvalue weighted by Gasteiger charge is 2.25. The number of carbonyl (C=O) groups excluding carboxylic acids is 2. The van der Waals surface area contributed by atoms with E-state index in [1.54, 1.807) is 0 Å². The van der Waals surface area contributed by atoms with Crippen LogP contribution in [-0.2, 0) is 16.1 Å². The Morgan fingerprint density at radius 1 is 1.32 bits per heavy atom. The maximum absolute atomic E-state index is 11.9. The first-order valence-electron chi connectivity index (χ1n) is 7.92.